The highest BCUT2D eigenvalue weighted by Gasteiger charge is 2.12. The SMILES string of the molecule is C[n+]1cccc2ccc(NC(=O)c3ccc(-c4ccc(C(=O)Nc5ccc6ccc[n+](C)c6c5)cc4)cc3)cc21. The minimum atomic E-state index is -0.168. The molecule has 6 nitrogen and oxygen atoms in total. The van der Waals surface area contributed by atoms with Gasteiger partial charge < -0.3 is 10.6 Å². The van der Waals surface area contributed by atoms with Crippen LogP contribution in [0.25, 0.3) is 32.9 Å². The molecular weight excluding hydrogens is 496 g/mol. The highest BCUT2D eigenvalue weighted by molar-refractivity contribution is 6.06. The van der Waals surface area contributed by atoms with Gasteiger partial charge in [0, 0.05) is 57.5 Å². The van der Waals surface area contributed by atoms with Crippen molar-refractivity contribution in [1.82, 2.24) is 0 Å². The van der Waals surface area contributed by atoms with E-state index >= 15 is 0 Å². The van der Waals surface area contributed by atoms with Gasteiger partial charge in [-0.25, -0.2) is 9.13 Å². The molecule has 0 saturated carbocycles. The summed E-state index contributed by atoms with van der Waals surface area (Å²) in [6, 6.07) is 34.8. The number of carbonyl (C=O) groups is 2. The quantitative estimate of drug-likeness (QED) is 0.280. The second-order valence-electron chi connectivity index (χ2n) is 9.85. The first-order chi connectivity index (χ1) is 19.4. The third-order valence-electron chi connectivity index (χ3n) is 7.14. The predicted octanol–water partition coefficient (Wildman–Crippen LogP) is 5.81. The molecular formula is C34H28N4O2+2. The van der Waals surface area contributed by atoms with Gasteiger partial charge in [0.1, 0.15) is 14.1 Å². The summed E-state index contributed by atoms with van der Waals surface area (Å²) in [7, 11) is 3.97. The van der Waals surface area contributed by atoms with Gasteiger partial charge in [-0.05, 0) is 71.8 Å². The van der Waals surface area contributed by atoms with Gasteiger partial charge in [0.15, 0.2) is 12.4 Å². The molecule has 0 bridgehead atoms. The van der Waals surface area contributed by atoms with Crippen molar-refractivity contribution < 1.29 is 18.7 Å². The Kier molecular flexibility index (Phi) is 6.50. The van der Waals surface area contributed by atoms with Crippen LogP contribution in [0, 0.1) is 0 Å². The Morgan fingerprint density at radius 3 is 1.32 bits per heavy atom. The number of aryl methyl sites for hydroxylation is 2. The van der Waals surface area contributed by atoms with Crippen molar-refractivity contribution in [3.63, 3.8) is 0 Å². The summed E-state index contributed by atoms with van der Waals surface area (Å²) in [6.45, 7) is 0. The Bertz CT molecular complexity index is 1750. The number of fused-ring (bicyclic) bond motifs is 2. The van der Waals surface area contributed by atoms with Crippen LogP contribution >= 0.6 is 0 Å². The molecule has 4 aromatic carbocycles. The largest absolute Gasteiger partial charge is 0.322 e. The Balaban J connectivity index is 1.13. The van der Waals surface area contributed by atoms with Crippen LogP contribution in [-0.4, -0.2) is 11.8 Å². The molecule has 0 aliphatic carbocycles. The molecule has 0 radical (unpaired) electrons. The van der Waals surface area contributed by atoms with Crippen LogP contribution in [-0.2, 0) is 14.1 Å². The molecule has 2 N–H and O–H groups in total. The average molecular weight is 525 g/mol. The smallest absolute Gasteiger partial charge is 0.255 e. The summed E-state index contributed by atoms with van der Waals surface area (Å²) < 4.78 is 4.05. The standard InChI is InChI=1S/C34H26N4O2/c1-37-19-3-5-25-15-17-29(21-31(25)37)35-33(39)27-11-7-23(8-12-27)24-9-13-28(14-10-24)34(40)36-30-18-16-26-6-4-20-38(2)32(26)22-30/h3-22H,1-2H3/p+2. The predicted molar refractivity (Wildman–Crippen MR) is 158 cm³/mol. The number of nitrogens with zero attached hydrogens (tertiary/aromatic N) is 2. The fourth-order valence-electron chi connectivity index (χ4n) is 4.88. The minimum Gasteiger partial charge on any atom is -0.322 e. The van der Waals surface area contributed by atoms with Crippen molar-refractivity contribution in [2.24, 2.45) is 14.1 Å². The fourth-order valence-corrected chi connectivity index (χ4v) is 4.88. The summed E-state index contributed by atoms with van der Waals surface area (Å²) in [5, 5.41) is 8.20. The van der Waals surface area contributed by atoms with E-state index in [1.54, 1.807) is 0 Å². The van der Waals surface area contributed by atoms with E-state index in [4.69, 9.17) is 0 Å². The monoisotopic (exact) mass is 524 g/mol. The maximum Gasteiger partial charge on any atom is 0.255 e. The van der Waals surface area contributed by atoms with Gasteiger partial charge in [0.2, 0.25) is 11.0 Å². The number of pyridine rings is 2. The molecule has 6 heteroatoms. The molecule has 40 heavy (non-hydrogen) atoms. The first-order valence-corrected chi connectivity index (χ1v) is 13.0. The second kappa shape index (κ2) is 10.4. The summed E-state index contributed by atoms with van der Waals surface area (Å²) in [4.78, 5) is 25.8. The number of carbonyl (C=O) groups excluding carboxylic acids is 2. The molecule has 6 aromatic rings. The van der Waals surface area contributed by atoms with Gasteiger partial charge in [0.05, 0.1) is 0 Å². The van der Waals surface area contributed by atoms with Gasteiger partial charge >= 0.3 is 0 Å². The van der Waals surface area contributed by atoms with Gasteiger partial charge in [0.25, 0.3) is 11.8 Å². The molecule has 0 fully saturated rings. The highest BCUT2D eigenvalue weighted by atomic mass is 16.2. The zero-order chi connectivity index (χ0) is 27.6. The molecule has 2 heterocycles. The summed E-state index contributed by atoms with van der Waals surface area (Å²) in [6.07, 6.45) is 3.97. The topological polar surface area (TPSA) is 66.0 Å². The number of rotatable bonds is 5. The lowest BCUT2D eigenvalue weighted by Crippen LogP contribution is -2.27. The Morgan fingerprint density at radius 1 is 0.525 bits per heavy atom. The van der Waals surface area contributed by atoms with E-state index in [0.717, 1.165) is 44.3 Å². The van der Waals surface area contributed by atoms with Crippen LogP contribution < -0.4 is 19.8 Å². The van der Waals surface area contributed by atoms with Crippen molar-refractivity contribution in [3.05, 3.63) is 133 Å². The number of hydrogen-bond acceptors (Lipinski definition) is 2. The molecule has 6 rings (SSSR count). The third-order valence-corrected chi connectivity index (χ3v) is 7.14. The van der Waals surface area contributed by atoms with Gasteiger partial charge in [-0.15, -0.1) is 0 Å². The number of aromatic nitrogens is 2. The summed E-state index contributed by atoms with van der Waals surface area (Å²) in [5.41, 5.74) is 6.64. The molecule has 0 spiro atoms. The van der Waals surface area contributed by atoms with Crippen molar-refractivity contribution in [2.75, 3.05) is 10.6 Å². The van der Waals surface area contributed by atoms with Gasteiger partial charge in [-0.2, -0.15) is 0 Å². The zero-order valence-corrected chi connectivity index (χ0v) is 22.3. The number of anilines is 2. The zero-order valence-electron chi connectivity index (χ0n) is 22.3. The van der Waals surface area contributed by atoms with Crippen LogP contribution in [0.3, 0.4) is 0 Å². The van der Waals surface area contributed by atoms with E-state index in [-0.39, 0.29) is 11.8 Å². The van der Waals surface area contributed by atoms with Crippen molar-refractivity contribution in [1.29, 1.82) is 0 Å². The lowest BCUT2D eigenvalue weighted by Gasteiger charge is -2.09. The number of amides is 2. The molecule has 2 aromatic heterocycles. The Hall–Kier alpha value is -5.36. The second-order valence-corrected chi connectivity index (χ2v) is 9.85. The lowest BCUT2D eigenvalue weighted by molar-refractivity contribution is -0.645. The normalized spacial score (nSPS) is 10.9. The van der Waals surface area contributed by atoms with Gasteiger partial charge in [-0.1, -0.05) is 24.3 Å². The van der Waals surface area contributed by atoms with E-state index in [2.05, 4.69) is 10.6 Å². The van der Waals surface area contributed by atoms with Crippen LogP contribution in [0.15, 0.2) is 122 Å². The van der Waals surface area contributed by atoms with Crippen molar-refractivity contribution in [2.45, 2.75) is 0 Å². The first kappa shape index (κ1) is 24.9. The maximum absolute atomic E-state index is 12.9. The van der Waals surface area contributed by atoms with Crippen LogP contribution in [0.5, 0.6) is 0 Å². The van der Waals surface area contributed by atoms with Crippen LogP contribution in [0.1, 0.15) is 20.7 Å². The Morgan fingerprint density at radius 2 is 0.925 bits per heavy atom. The Labute approximate surface area is 232 Å². The first-order valence-electron chi connectivity index (χ1n) is 13.0. The van der Waals surface area contributed by atoms with Crippen LogP contribution in [0.4, 0.5) is 11.4 Å². The summed E-state index contributed by atoms with van der Waals surface area (Å²) in [5.74, 6) is -0.336. The van der Waals surface area contributed by atoms with E-state index in [9.17, 15) is 9.59 Å². The van der Waals surface area contributed by atoms with E-state index in [1.807, 2.05) is 145 Å². The van der Waals surface area contributed by atoms with E-state index < -0.39 is 0 Å². The molecule has 0 atom stereocenters. The molecule has 0 aliphatic heterocycles. The van der Waals surface area contributed by atoms with Gasteiger partial charge in [-0.3, -0.25) is 9.59 Å². The van der Waals surface area contributed by atoms with Crippen LogP contribution in [0.2, 0.25) is 0 Å². The third kappa shape index (κ3) is 5.02. The minimum absolute atomic E-state index is 0.168. The molecule has 2 amide bonds. The molecule has 0 aliphatic rings. The maximum atomic E-state index is 12.9. The summed E-state index contributed by atoms with van der Waals surface area (Å²) >= 11 is 0. The fraction of sp³-hybridized carbons (Fsp3) is 0.0588. The number of nitrogens with one attached hydrogen (secondary N) is 2. The van der Waals surface area contributed by atoms with E-state index in [0.29, 0.717) is 11.1 Å². The molecule has 0 saturated heterocycles. The molecule has 0 unspecified atom stereocenters. The molecule has 194 valence electrons. The number of benzene rings is 4. The average Bonchev–Trinajstić information content (AvgIpc) is 2.98. The lowest BCUT2D eigenvalue weighted by atomic mass is 10.0. The van der Waals surface area contributed by atoms with E-state index in [1.165, 1.54) is 0 Å². The van der Waals surface area contributed by atoms with Crippen molar-refractivity contribution in [3.8, 4) is 11.1 Å². The van der Waals surface area contributed by atoms with Crippen molar-refractivity contribution >= 4 is 45.0 Å². The number of hydrogen-bond donors (Lipinski definition) is 2. The highest BCUT2D eigenvalue weighted by Crippen LogP contribution is 2.23.